The van der Waals surface area contributed by atoms with Crippen molar-refractivity contribution in [2.75, 3.05) is 36.0 Å². The first-order valence-electron chi connectivity index (χ1n) is 12.8. The van der Waals surface area contributed by atoms with Gasteiger partial charge in [0.05, 0.1) is 28.4 Å². The molecule has 0 atom stereocenters. The summed E-state index contributed by atoms with van der Waals surface area (Å²) >= 11 is 6.09. The van der Waals surface area contributed by atoms with Crippen LogP contribution in [0.4, 0.5) is 11.6 Å². The highest BCUT2D eigenvalue weighted by atomic mass is 35.5. The molecule has 0 unspecified atom stereocenters. The topological polar surface area (TPSA) is 70.9 Å². The first-order chi connectivity index (χ1) is 18.2. The summed E-state index contributed by atoms with van der Waals surface area (Å²) in [7, 11) is 0. The Hall–Kier alpha value is -3.84. The van der Waals surface area contributed by atoms with Crippen molar-refractivity contribution in [3.05, 3.63) is 89.6 Å². The van der Waals surface area contributed by atoms with E-state index < -0.39 is 0 Å². The third-order valence-electron chi connectivity index (χ3n) is 7.62. The largest absolute Gasteiger partial charge is 0.355 e. The summed E-state index contributed by atoms with van der Waals surface area (Å²) in [6.45, 7) is 3.63. The lowest BCUT2D eigenvalue weighted by Crippen LogP contribution is -2.47. The Labute approximate surface area is 220 Å². The number of hydrogen-bond acceptors (Lipinski definition) is 7. The predicted octanol–water partition coefficient (Wildman–Crippen LogP) is 5.61. The molecule has 5 heterocycles. The molecule has 2 aromatic carbocycles. The van der Waals surface area contributed by atoms with Crippen LogP contribution in [0.25, 0.3) is 21.9 Å². The molecule has 37 heavy (non-hydrogen) atoms. The van der Waals surface area contributed by atoms with Gasteiger partial charge in [-0.1, -0.05) is 35.9 Å². The molecule has 0 radical (unpaired) electrons. The van der Waals surface area contributed by atoms with Gasteiger partial charge in [-0.3, -0.25) is 15.0 Å². The summed E-state index contributed by atoms with van der Waals surface area (Å²) in [5, 5.41) is 1.87. The number of aromatic nitrogens is 5. The molecule has 0 bridgehead atoms. The fourth-order valence-electron chi connectivity index (χ4n) is 5.53. The second-order valence-electron chi connectivity index (χ2n) is 9.92. The number of hydrogen-bond donors (Lipinski definition) is 0. The molecule has 0 saturated carbocycles. The van der Waals surface area contributed by atoms with Crippen LogP contribution in [0.1, 0.15) is 36.1 Å². The quantitative estimate of drug-likeness (QED) is 0.313. The van der Waals surface area contributed by atoms with Crippen LogP contribution < -0.4 is 9.80 Å². The number of nitrogens with zero attached hydrogens (tertiary/aromatic N) is 7. The van der Waals surface area contributed by atoms with Gasteiger partial charge in [0.15, 0.2) is 5.82 Å². The fraction of sp³-hybridized carbons (Fsp3) is 0.276. The predicted molar refractivity (Wildman–Crippen MR) is 147 cm³/mol. The molecule has 7 nitrogen and oxygen atoms in total. The Bertz CT molecular complexity index is 1590. The van der Waals surface area contributed by atoms with E-state index in [9.17, 15) is 0 Å². The summed E-state index contributed by atoms with van der Waals surface area (Å²) in [5.41, 5.74) is 5.03. The van der Waals surface area contributed by atoms with Crippen LogP contribution in [0.5, 0.6) is 0 Å². The molecule has 0 aliphatic carbocycles. The number of piperidine rings is 1. The zero-order chi connectivity index (χ0) is 24.8. The van der Waals surface area contributed by atoms with E-state index in [1.807, 2.05) is 36.8 Å². The highest BCUT2D eigenvalue weighted by Gasteiger charge is 2.34. The van der Waals surface area contributed by atoms with Gasteiger partial charge in [0.1, 0.15) is 5.82 Å². The Morgan fingerprint density at radius 1 is 0.730 bits per heavy atom. The van der Waals surface area contributed by atoms with Crippen molar-refractivity contribution in [3.8, 4) is 0 Å². The minimum absolute atomic E-state index is 0.325. The molecule has 3 aromatic heterocycles. The first kappa shape index (κ1) is 22.4. The third kappa shape index (κ3) is 4.23. The molecule has 184 valence electrons. The lowest BCUT2D eigenvalue weighted by molar-refractivity contribution is 0.480. The smallest absolute Gasteiger partial charge is 0.150 e. The van der Waals surface area contributed by atoms with E-state index in [0.717, 1.165) is 72.9 Å². The van der Waals surface area contributed by atoms with E-state index in [-0.39, 0.29) is 0 Å². The molecule has 0 spiro atoms. The van der Waals surface area contributed by atoms with Gasteiger partial charge in [0, 0.05) is 66.5 Å². The van der Waals surface area contributed by atoms with Crippen LogP contribution in [0.3, 0.4) is 0 Å². The molecule has 2 aliphatic rings. The molecule has 0 N–H and O–H groups in total. The van der Waals surface area contributed by atoms with Gasteiger partial charge < -0.3 is 9.80 Å². The van der Waals surface area contributed by atoms with E-state index in [4.69, 9.17) is 31.5 Å². The zero-order valence-electron chi connectivity index (χ0n) is 20.3. The Balaban J connectivity index is 1.04. The number of rotatable bonds is 4. The minimum atomic E-state index is 0.325. The first-order valence-corrected chi connectivity index (χ1v) is 13.2. The monoisotopic (exact) mass is 507 g/mol. The van der Waals surface area contributed by atoms with Crippen LogP contribution in [-0.2, 0) is 0 Å². The van der Waals surface area contributed by atoms with E-state index >= 15 is 0 Å². The summed E-state index contributed by atoms with van der Waals surface area (Å²) in [4.78, 5) is 28.5. The number of pyridine rings is 1. The SMILES string of the molecule is Clc1ccc2nc(N3CC(c4nccnc4N4CCC(c5ccc6ccccc6n5)CC4)C3)cnc2c1. The van der Waals surface area contributed by atoms with E-state index in [1.165, 1.54) is 11.1 Å². The minimum Gasteiger partial charge on any atom is -0.355 e. The van der Waals surface area contributed by atoms with Crippen LogP contribution in [0, 0.1) is 0 Å². The average molecular weight is 508 g/mol. The van der Waals surface area contributed by atoms with E-state index in [1.54, 1.807) is 0 Å². The number of halogens is 1. The standard InChI is InChI=1S/C29H26ClN7/c30-22-6-8-25-26(15-22)33-16-27(35-25)37-17-21(18-37)28-29(32-12-11-31-28)36-13-9-20(10-14-36)24-7-5-19-3-1-2-4-23(19)34-24/h1-8,11-12,15-16,20-21H,9-10,13-14,17-18H2. The summed E-state index contributed by atoms with van der Waals surface area (Å²) in [6, 6.07) is 18.4. The molecule has 7 rings (SSSR count). The molecule has 0 amide bonds. The van der Waals surface area contributed by atoms with Crippen LogP contribution in [-0.4, -0.2) is 51.1 Å². The second-order valence-corrected chi connectivity index (χ2v) is 10.4. The fourth-order valence-corrected chi connectivity index (χ4v) is 5.70. The second kappa shape index (κ2) is 9.23. The number of para-hydroxylation sites is 1. The maximum atomic E-state index is 6.09. The van der Waals surface area contributed by atoms with Gasteiger partial charge in [0.2, 0.25) is 0 Å². The number of anilines is 2. The third-order valence-corrected chi connectivity index (χ3v) is 7.86. The van der Waals surface area contributed by atoms with Crippen LogP contribution in [0.15, 0.2) is 73.2 Å². The van der Waals surface area contributed by atoms with Gasteiger partial charge >= 0.3 is 0 Å². The van der Waals surface area contributed by atoms with Gasteiger partial charge in [-0.2, -0.15) is 0 Å². The maximum Gasteiger partial charge on any atom is 0.150 e. The Kier molecular flexibility index (Phi) is 5.58. The lowest BCUT2D eigenvalue weighted by atomic mass is 9.91. The normalized spacial score (nSPS) is 16.9. The molecular weight excluding hydrogens is 482 g/mol. The lowest BCUT2D eigenvalue weighted by Gasteiger charge is -2.41. The molecule has 5 aromatic rings. The van der Waals surface area contributed by atoms with Gasteiger partial charge in [-0.05, 0) is 43.2 Å². The molecule has 2 aliphatic heterocycles. The van der Waals surface area contributed by atoms with Crippen molar-refractivity contribution in [2.24, 2.45) is 0 Å². The van der Waals surface area contributed by atoms with E-state index in [0.29, 0.717) is 16.9 Å². The van der Waals surface area contributed by atoms with Crippen LogP contribution in [0.2, 0.25) is 5.02 Å². The number of fused-ring (bicyclic) bond motifs is 2. The van der Waals surface area contributed by atoms with Crippen LogP contribution >= 0.6 is 11.6 Å². The average Bonchev–Trinajstić information content (AvgIpc) is 2.92. The van der Waals surface area contributed by atoms with Crippen molar-refractivity contribution >= 4 is 45.2 Å². The zero-order valence-corrected chi connectivity index (χ0v) is 21.1. The molecular formula is C29H26ClN7. The van der Waals surface area contributed by atoms with Gasteiger partial charge in [-0.15, -0.1) is 0 Å². The highest BCUT2D eigenvalue weighted by molar-refractivity contribution is 6.31. The van der Waals surface area contributed by atoms with Crippen molar-refractivity contribution in [1.29, 1.82) is 0 Å². The van der Waals surface area contributed by atoms with Gasteiger partial charge in [0.25, 0.3) is 0 Å². The Morgan fingerprint density at radius 2 is 1.57 bits per heavy atom. The van der Waals surface area contributed by atoms with E-state index in [2.05, 4.69) is 51.2 Å². The summed E-state index contributed by atoms with van der Waals surface area (Å²) < 4.78 is 0. The van der Waals surface area contributed by atoms with Crippen molar-refractivity contribution in [3.63, 3.8) is 0 Å². The van der Waals surface area contributed by atoms with Gasteiger partial charge in [-0.25, -0.2) is 9.97 Å². The summed E-state index contributed by atoms with van der Waals surface area (Å²) in [6.07, 6.45) is 7.58. The van der Waals surface area contributed by atoms with Crippen molar-refractivity contribution in [1.82, 2.24) is 24.9 Å². The summed E-state index contributed by atoms with van der Waals surface area (Å²) in [5.74, 6) is 2.71. The van der Waals surface area contributed by atoms with Crippen molar-refractivity contribution in [2.45, 2.75) is 24.7 Å². The van der Waals surface area contributed by atoms with Crippen molar-refractivity contribution < 1.29 is 0 Å². The molecule has 2 saturated heterocycles. The highest BCUT2D eigenvalue weighted by Crippen LogP contribution is 2.36. The Morgan fingerprint density at radius 3 is 2.46 bits per heavy atom. The number of benzene rings is 2. The molecule has 8 heteroatoms. The maximum absolute atomic E-state index is 6.09. The molecule has 2 fully saturated rings.